The second-order valence-corrected chi connectivity index (χ2v) is 8.72. The van der Waals surface area contributed by atoms with Gasteiger partial charge in [-0.1, -0.05) is 107 Å². The molecule has 0 heteroatoms. The van der Waals surface area contributed by atoms with Crippen LogP contribution < -0.4 is 0 Å². The fourth-order valence-corrected chi connectivity index (χ4v) is 5.28. The highest BCUT2D eigenvalue weighted by Gasteiger charge is 2.37. The van der Waals surface area contributed by atoms with Gasteiger partial charge in [-0.05, 0) is 54.1 Å². The van der Waals surface area contributed by atoms with Gasteiger partial charge in [-0.2, -0.15) is 0 Å². The molecule has 1 fully saturated rings. The van der Waals surface area contributed by atoms with Crippen LogP contribution in [0.2, 0.25) is 0 Å². The molecule has 0 amide bonds. The summed E-state index contributed by atoms with van der Waals surface area (Å²) in [4.78, 5) is 0. The molecular weight excluding hydrogens is 312 g/mol. The molecule has 2 aliphatic rings. The summed E-state index contributed by atoms with van der Waals surface area (Å²) in [7, 11) is 0. The molecular formula is C26H38. The second kappa shape index (κ2) is 9.58. The van der Waals surface area contributed by atoms with Crippen molar-refractivity contribution >= 4 is 5.57 Å². The van der Waals surface area contributed by atoms with Crippen LogP contribution in [-0.4, -0.2) is 0 Å². The first kappa shape index (κ1) is 19.5. The summed E-state index contributed by atoms with van der Waals surface area (Å²) < 4.78 is 0. The Labute approximate surface area is 161 Å². The number of allylic oxidation sites excluding steroid dienone is 4. The molecule has 0 spiro atoms. The van der Waals surface area contributed by atoms with E-state index in [1.54, 1.807) is 0 Å². The van der Waals surface area contributed by atoms with Gasteiger partial charge in [0.15, 0.2) is 0 Å². The Kier molecular flexibility index (Phi) is 7.17. The minimum absolute atomic E-state index is 0.422. The molecule has 1 unspecified atom stereocenters. The van der Waals surface area contributed by atoms with Crippen molar-refractivity contribution in [1.29, 1.82) is 0 Å². The predicted molar refractivity (Wildman–Crippen MR) is 115 cm³/mol. The zero-order valence-electron chi connectivity index (χ0n) is 17.1. The van der Waals surface area contributed by atoms with Crippen molar-refractivity contribution in [2.45, 2.75) is 84.5 Å². The second-order valence-electron chi connectivity index (χ2n) is 8.72. The standard InChI is InChI=1S/C26H38/c1-3-5-6-8-11-22-14-16-25(17-15-22)26(4-2)20-18-24(19-21-26)23-12-9-7-10-13-23/h7,9-10,12-13,18-20,22,25H,3-6,8,11,14-17,21H2,1-2H3. The first-order chi connectivity index (χ1) is 12.8. The molecule has 0 N–H and O–H groups in total. The molecule has 1 aromatic rings. The fraction of sp³-hybridized carbons (Fsp3) is 0.615. The lowest BCUT2D eigenvalue weighted by molar-refractivity contribution is 0.135. The van der Waals surface area contributed by atoms with Crippen LogP contribution in [0.1, 0.15) is 90.0 Å². The third-order valence-electron chi connectivity index (χ3n) is 7.19. The van der Waals surface area contributed by atoms with E-state index >= 15 is 0 Å². The Balaban J connectivity index is 1.54. The third kappa shape index (κ3) is 4.70. The molecule has 0 radical (unpaired) electrons. The van der Waals surface area contributed by atoms with Crippen LogP contribution in [-0.2, 0) is 0 Å². The van der Waals surface area contributed by atoms with Gasteiger partial charge in [-0.15, -0.1) is 0 Å². The Bertz CT molecular complexity index is 586. The number of hydrogen-bond acceptors (Lipinski definition) is 0. The monoisotopic (exact) mass is 350 g/mol. The van der Waals surface area contributed by atoms with Gasteiger partial charge in [0.25, 0.3) is 0 Å². The molecule has 0 saturated heterocycles. The maximum atomic E-state index is 2.58. The van der Waals surface area contributed by atoms with Crippen LogP contribution in [0, 0.1) is 17.3 Å². The van der Waals surface area contributed by atoms with Gasteiger partial charge in [0, 0.05) is 0 Å². The fourth-order valence-electron chi connectivity index (χ4n) is 5.28. The van der Waals surface area contributed by atoms with E-state index in [1.165, 1.54) is 81.8 Å². The zero-order chi connectivity index (χ0) is 18.2. The first-order valence-corrected chi connectivity index (χ1v) is 11.2. The largest absolute Gasteiger partial charge is 0.0771 e. The topological polar surface area (TPSA) is 0 Å². The van der Waals surface area contributed by atoms with E-state index in [9.17, 15) is 0 Å². The van der Waals surface area contributed by atoms with Gasteiger partial charge < -0.3 is 0 Å². The molecule has 1 aromatic carbocycles. The molecule has 0 aliphatic heterocycles. The van der Waals surface area contributed by atoms with E-state index in [4.69, 9.17) is 0 Å². The van der Waals surface area contributed by atoms with Crippen molar-refractivity contribution in [3.05, 3.63) is 54.1 Å². The molecule has 26 heavy (non-hydrogen) atoms. The minimum atomic E-state index is 0.422. The summed E-state index contributed by atoms with van der Waals surface area (Å²) >= 11 is 0. The maximum absolute atomic E-state index is 2.58. The third-order valence-corrected chi connectivity index (χ3v) is 7.19. The van der Waals surface area contributed by atoms with E-state index in [2.05, 4.69) is 62.4 Å². The first-order valence-electron chi connectivity index (χ1n) is 11.2. The Morgan fingerprint density at radius 3 is 2.31 bits per heavy atom. The van der Waals surface area contributed by atoms with Crippen molar-refractivity contribution in [2.75, 3.05) is 0 Å². The van der Waals surface area contributed by atoms with Crippen LogP contribution in [0.4, 0.5) is 0 Å². The average Bonchev–Trinajstić information content (AvgIpc) is 2.72. The van der Waals surface area contributed by atoms with Crippen LogP contribution in [0.15, 0.2) is 48.6 Å². The normalized spacial score (nSPS) is 28.8. The summed E-state index contributed by atoms with van der Waals surface area (Å²) in [6.45, 7) is 4.72. The highest BCUT2D eigenvalue weighted by atomic mass is 14.4. The van der Waals surface area contributed by atoms with Crippen LogP contribution in [0.5, 0.6) is 0 Å². The van der Waals surface area contributed by atoms with Gasteiger partial charge in [0.2, 0.25) is 0 Å². The van der Waals surface area contributed by atoms with Gasteiger partial charge in [-0.3, -0.25) is 0 Å². The molecule has 3 rings (SSSR count). The summed E-state index contributed by atoms with van der Waals surface area (Å²) in [6, 6.07) is 10.9. The molecule has 2 aliphatic carbocycles. The summed E-state index contributed by atoms with van der Waals surface area (Å²) in [5.41, 5.74) is 3.20. The van der Waals surface area contributed by atoms with E-state index in [0.717, 1.165) is 11.8 Å². The molecule has 0 nitrogen and oxygen atoms in total. The predicted octanol–water partition coefficient (Wildman–Crippen LogP) is 8.20. The number of unbranched alkanes of at least 4 members (excludes halogenated alkanes) is 3. The minimum Gasteiger partial charge on any atom is -0.0771 e. The molecule has 1 atom stereocenters. The lowest BCUT2D eigenvalue weighted by Gasteiger charge is -2.43. The van der Waals surface area contributed by atoms with Gasteiger partial charge in [0.05, 0.1) is 0 Å². The quantitative estimate of drug-likeness (QED) is 0.414. The van der Waals surface area contributed by atoms with Crippen molar-refractivity contribution in [1.82, 2.24) is 0 Å². The smallest absolute Gasteiger partial charge is 0.00545 e. The Morgan fingerprint density at radius 2 is 1.69 bits per heavy atom. The SMILES string of the molecule is CCCCCCC1CCC(C2(CC)C=CC(c3ccccc3)=CC2)CC1. The van der Waals surface area contributed by atoms with Crippen molar-refractivity contribution < 1.29 is 0 Å². The number of benzene rings is 1. The highest BCUT2D eigenvalue weighted by molar-refractivity contribution is 5.75. The molecule has 0 heterocycles. The van der Waals surface area contributed by atoms with Crippen molar-refractivity contribution in [2.24, 2.45) is 17.3 Å². The van der Waals surface area contributed by atoms with E-state index < -0.39 is 0 Å². The molecule has 0 bridgehead atoms. The van der Waals surface area contributed by atoms with E-state index in [1.807, 2.05) is 0 Å². The van der Waals surface area contributed by atoms with Gasteiger partial charge >= 0.3 is 0 Å². The number of hydrogen-bond donors (Lipinski definition) is 0. The van der Waals surface area contributed by atoms with E-state index in [-0.39, 0.29) is 0 Å². The van der Waals surface area contributed by atoms with E-state index in [0.29, 0.717) is 5.41 Å². The van der Waals surface area contributed by atoms with Gasteiger partial charge in [0.1, 0.15) is 0 Å². The lowest BCUT2D eigenvalue weighted by Crippen LogP contribution is -2.32. The molecule has 1 saturated carbocycles. The summed E-state index contributed by atoms with van der Waals surface area (Å²) in [5.74, 6) is 1.91. The average molecular weight is 351 g/mol. The van der Waals surface area contributed by atoms with Gasteiger partial charge in [-0.25, -0.2) is 0 Å². The summed E-state index contributed by atoms with van der Waals surface area (Å²) in [6.07, 6.45) is 23.1. The Morgan fingerprint density at radius 1 is 0.923 bits per heavy atom. The molecule has 142 valence electrons. The maximum Gasteiger partial charge on any atom is -0.00545 e. The highest BCUT2D eigenvalue weighted by Crippen LogP contribution is 2.49. The Hall–Kier alpha value is -1.30. The zero-order valence-corrected chi connectivity index (χ0v) is 17.1. The lowest BCUT2D eigenvalue weighted by atomic mass is 9.62. The van der Waals surface area contributed by atoms with Crippen LogP contribution in [0.25, 0.3) is 5.57 Å². The summed E-state index contributed by atoms with van der Waals surface area (Å²) in [5, 5.41) is 0. The van der Waals surface area contributed by atoms with Crippen LogP contribution >= 0.6 is 0 Å². The number of rotatable bonds is 8. The molecule has 0 aromatic heterocycles. The van der Waals surface area contributed by atoms with Crippen LogP contribution in [0.3, 0.4) is 0 Å². The van der Waals surface area contributed by atoms with Crippen molar-refractivity contribution in [3.63, 3.8) is 0 Å². The van der Waals surface area contributed by atoms with Crippen molar-refractivity contribution in [3.8, 4) is 0 Å².